The predicted octanol–water partition coefficient (Wildman–Crippen LogP) is 1.48. The van der Waals surface area contributed by atoms with Crippen molar-refractivity contribution in [2.24, 2.45) is 0 Å². The van der Waals surface area contributed by atoms with Crippen molar-refractivity contribution < 1.29 is 27.8 Å². The van der Waals surface area contributed by atoms with Gasteiger partial charge in [-0.2, -0.15) is 13.2 Å². The fourth-order valence-corrected chi connectivity index (χ4v) is 1.50. The Morgan fingerprint density at radius 1 is 1.50 bits per heavy atom. The number of nitrogens with zero attached hydrogens (tertiary/aromatic N) is 2. The van der Waals surface area contributed by atoms with Crippen LogP contribution in [0.25, 0.3) is 0 Å². The van der Waals surface area contributed by atoms with Gasteiger partial charge in [-0.1, -0.05) is 0 Å². The number of hydrogen-bond donors (Lipinski definition) is 1. The molecule has 0 spiro atoms. The molecule has 0 atom stereocenters. The molecule has 1 aromatic rings. The Hall–Kier alpha value is -1.83. The van der Waals surface area contributed by atoms with E-state index in [1.807, 2.05) is 0 Å². The first kappa shape index (κ1) is 16.2. The Labute approximate surface area is 114 Å². The molecule has 1 aromatic heterocycles. The highest BCUT2D eigenvalue weighted by Gasteiger charge is 2.30. The third kappa shape index (κ3) is 4.69. The molecule has 0 radical (unpaired) electrons. The van der Waals surface area contributed by atoms with Gasteiger partial charge in [0.1, 0.15) is 0 Å². The molecule has 0 aliphatic rings. The summed E-state index contributed by atoms with van der Waals surface area (Å²) >= 11 is 0. The highest BCUT2D eigenvalue weighted by atomic mass is 19.4. The van der Waals surface area contributed by atoms with Crippen LogP contribution in [0.5, 0.6) is 5.75 Å². The third-order valence-electron chi connectivity index (χ3n) is 2.40. The van der Waals surface area contributed by atoms with E-state index in [4.69, 9.17) is 5.11 Å². The average molecular weight is 292 g/mol. The van der Waals surface area contributed by atoms with E-state index in [1.54, 1.807) is 6.92 Å². The SMILES string of the molecule is CCN(CCO)C(=O)c1ncccc1OCC(F)(F)F. The molecule has 0 bridgehead atoms. The van der Waals surface area contributed by atoms with Gasteiger partial charge in [-0.3, -0.25) is 4.79 Å². The summed E-state index contributed by atoms with van der Waals surface area (Å²) in [5.41, 5.74) is -0.202. The number of carbonyl (C=O) groups excluding carboxylic acids is 1. The summed E-state index contributed by atoms with van der Waals surface area (Å²) in [4.78, 5) is 17.1. The van der Waals surface area contributed by atoms with E-state index in [0.717, 1.165) is 0 Å². The smallest absolute Gasteiger partial charge is 0.422 e. The van der Waals surface area contributed by atoms with E-state index >= 15 is 0 Å². The molecular formula is C12H15F3N2O3. The second-order valence-corrected chi connectivity index (χ2v) is 3.86. The van der Waals surface area contributed by atoms with Gasteiger partial charge >= 0.3 is 6.18 Å². The molecule has 112 valence electrons. The van der Waals surface area contributed by atoms with Gasteiger partial charge in [0.15, 0.2) is 18.1 Å². The number of likely N-dealkylation sites (N-methyl/N-ethyl adjacent to an activating group) is 1. The fraction of sp³-hybridized carbons (Fsp3) is 0.500. The summed E-state index contributed by atoms with van der Waals surface area (Å²) in [5, 5.41) is 8.85. The number of rotatable bonds is 6. The molecule has 1 amide bonds. The number of pyridine rings is 1. The van der Waals surface area contributed by atoms with Crippen LogP contribution in [-0.4, -0.2) is 53.4 Å². The van der Waals surface area contributed by atoms with Crippen LogP contribution < -0.4 is 4.74 Å². The standard InChI is InChI=1S/C12H15F3N2O3/c1-2-17(6-7-18)11(19)10-9(4-3-5-16-10)20-8-12(13,14)15/h3-5,18H,2,6-8H2,1H3. The van der Waals surface area contributed by atoms with Gasteiger partial charge < -0.3 is 14.7 Å². The lowest BCUT2D eigenvalue weighted by Crippen LogP contribution is -2.34. The van der Waals surface area contributed by atoms with Gasteiger partial charge in [-0.25, -0.2) is 4.98 Å². The van der Waals surface area contributed by atoms with Crippen LogP contribution in [0.15, 0.2) is 18.3 Å². The number of hydrogen-bond acceptors (Lipinski definition) is 4. The summed E-state index contributed by atoms with van der Waals surface area (Å²) in [6.07, 6.45) is -3.20. The summed E-state index contributed by atoms with van der Waals surface area (Å²) < 4.78 is 41.0. The topological polar surface area (TPSA) is 62.7 Å². The van der Waals surface area contributed by atoms with Crippen LogP contribution in [0.2, 0.25) is 0 Å². The van der Waals surface area contributed by atoms with Crippen molar-refractivity contribution in [3.63, 3.8) is 0 Å². The zero-order valence-electron chi connectivity index (χ0n) is 10.9. The lowest BCUT2D eigenvalue weighted by Gasteiger charge is -2.20. The van der Waals surface area contributed by atoms with Crippen molar-refractivity contribution in [3.05, 3.63) is 24.0 Å². The highest BCUT2D eigenvalue weighted by Crippen LogP contribution is 2.21. The molecule has 0 fully saturated rings. The first-order valence-electron chi connectivity index (χ1n) is 5.93. The van der Waals surface area contributed by atoms with E-state index in [0.29, 0.717) is 6.54 Å². The molecule has 1 N–H and O–H groups in total. The first-order valence-corrected chi connectivity index (χ1v) is 5.93. The molecule has 0 aliphatic heterocycles. The number of aliphatic hydroxyl groups is 1. The van der Waals surface area contributed by atoms with Crippen molar-refractivity contribution in [3.8, 4) is 5.75 Å². The first-order chi connectivity index (χ1) is 9.39. The Bertz CT molecular complexity index is 452. The molecule has 1 rings (SSSR count). The number of amides is 1. The molecular weight excluding hydrogens is 277 g/mol. The lowest BCUT2D eigenvalue weighted by atomic mass is 10.3. The van der Waals surface area contributed by atoms with Crippen molar-refractivity contribution in [1.82, 2.24) is 9.88 Å². The molecule has 0 aliphatic carbocycles. The number of carbonyl (C=O) groups is 1. The maximum absolute atomic E-state index is 12.1. The van der Waals surface area contributed by atoms with E-state index in [9.17, 15) is 18.0 Å². The van der Waals surface area contributed by atoms with Gasteiger partial charge in [0.05, 0.1) is 6.61 Å². The summed E-state index contributed by atoms with van der Waals surface area (Å²) in [7, 11) is 0. The number of ether oxygens (including phenoxy) is 1. The second kappa shape index (κ2) is 7.09. The van der Waals surface area contributed by atoms with E-state index in [2.05, 4.69) is 9.72 Å². The van der Waals surface area contributed by atoms with Crippen LogP contribution in [-0.2, 0) is 0 Å². The molecule has 5 nitrogen and oxygen atoms in total. The van der Waals surface area contributed by atoms with Crippen LogP contribution in [0.3, 0.4) is 0 Å². The minimum absolute atomic E-state index is 0.0740. The maximum Gasteiger partial charge on any atom is 0.422 e. The van der Waals surface area contributed by atoms with Crippen molar-refractivity contribution >= 4 is 5.91 Å². The molecule has 0 unspecified atom stereocenters. The molecule has 1 heterocycles. The van der Waals surface area contributed by atoms with Crippen molar-refractivity contribution in [1.29, 1.82) is 0 Å². The second-order valence-electron chi connectivity index (χ2n) is 3.86. The van der Waals surface area contributed by atoms with Crippen LogP contribution in [0.4, 0.5) is 13.2 Å². The number of aliphatic hydroxyl groups excluding tert-OH is 1. The van der Waals surface area contributed by atoms with Crippen LogP contribution in [0.1, 0.15) is 17.4 Å². The van der Waals surface area contributed by atoms with Gasteiger partial charge in [0, 0.05) is 19.3 Å². The molecule has 20 heavy (non-hydrogen) atoms. The summed E-state index contributed by atoms with van der Waals surface area (Å²) in [5.74, 6) is -0.814. The Morgan fingerprint density at radius 2 is 2.20 bits per heavy atom. The average Bonchev–Trinajstić information content (AvgIpc) is 2.41. The highest BCUT2D eigenvalue weighted by molar-refractivity contribution is 5.94. The molecule has 0 saturated carbocycles. The molecule has 8 heteroatoms. The largest absolute Gasteiger partial charge is 0.482 e. The number of halogens is 3. The van der Waals surface area contributed by atoms with Crippen LogP contribution in [0, 0.1) is 0 Å². The minimum Gasteiger partial charge on any atom is -0.482 e. The Kier molecular flexibility index (Phi) is 5.75. The van der Waals surface area contributed by atoms with Crippen molar-refractivity contribution in [2.45, 2.75) is 13.1 Å². The Morgan fingerprint density at radius 3 is 2.75 bits per heavy atom. The van der Waals surface area contributed by atoms with Gasteiger partial charge in [-0.05, 0) is 19.1 Å². The number of aromatic nitrogens is 1. The van der Waals surface area contributed by atoms with E-state index in [1.165, 1.54) is 23.2 Å². The third-order valence-corrected chi connectivity index (χ3v) is 2.40. The molecule has 0 saturated heterocycles. The van der Waals surface area contributed by atoms with Crippen molar-refractivity contribution in [2.75, 3.05) is 26.3 Å². The quantitative estimate of drug-likeness (QED) is 0.862. The Balaban J connectivity index is 2.91. The van der Waals surface area contributed by atoms with E-state index in [-0.39, 0.29) is 24.6 Å². The zero-order valence-corrected chi connectivity index (χ0v) is 10.9. The number of alkyl halides is 3. The zero-order chi connectivity index (χ0) is 15.2. The predicted molar refractivity (Wildman–Crippen MR) is 64.5 cm³/mol. The van der Waals surface area contributed by atoms with E-state index < -0.39 is 18.7 Å². The summed E-state index contributed by atoms with van der Waals surface area (Å²) in [6.45, 7) is 0.322. The maximum atomic E-state index is 12.1. The van der Waals surface area contributed by atoms with Gasteiger partial charge in [-0.15, -0.1) is 0 Å². The van der Waals surface area contributed by atoms with Crippen LogP contribution >= 0.6 is 0 Å². The lowest BCUT2D eigenvalue weighted by molar-refractivity contribution is -0.153. The fourth-order valence-electron chi connectivity index (χ4n) is 1.50. The molecule has 0 aromatic carbocycles. The monoisotopic (exact) mass is 292 g/mol. The normalized spacial score (nSPS) is 11.2. The minimum atomic E-state index is -4.49. The summed E-state index contributed by atoms with van der Waals surface area (Å²) in [6, 6.07) is 2.63. The van der Waals surface area contributed by atoms with Gasteiger partial charge in [0.2, 0.25) is 0 Å². The van der Waals surface area contributed by atoms with Gasteiger partial charge in [0.25, 0.3) is 5.91 Å².